The van der Waals surface area contributed by atoms with E-state index >= 15 is 0 Å². The highest BCUT2D eigenvalue weighted by molar-refractivity contribution is 8.08. The van der Waals surface area contributed by atoms with Crippen molar-refractivity contribution in [1.29, 1.82) is 0 Å². The van der Waals surface area contributed by atoms with Crippen LogP contribution in [-0.2, 0) is 14.2 Å². The number of hydrogen-bond acceptors (Lipinski definition) is 7. The molecule has 0 aromatic carbocycles. The third-order valence-electron chi connectivity index (χ3n) is 2.98. The summed E-state index contributed by atoms with van der Waals surface area (Å²) in [5.74, 6) is 0. The second-order valence-electron chi connectivity index (χ2n) is 4.20. The van der Waals surface area contributed by atoms with Crippen LogP contribution in [-0.4, -0.2) is 48.5 Å². The van der Waals surface area contributed by atoms with E-state index in [1.165, 1.54) is 23.5 Å². The van der Waals surface area contributed by atoms with Crippen LogP contribution in [0, 0.1) is 0 Å². The highest BCUT2D eigenvalue weighted by Crippen LogP contribution is 2.45. The third kappa shape index (κ3) is 3.28. The molecule has 0 radical (unpaired) electrons. The quantitative estimate of drug-likeness (QED) is 0.739. The van der Waals surface area contributed by atoms with E-state index in [1.54, 1.807) is 38.5 Å². The zero-order valence-corrected chi connectivity index (χ0v) is 14.0. The Labute approximate surface area is 132 Å². The lowest BCUT2D eigenvalue weighted by molar-refractivity contribution is -0.0782. The number of rotatable bonds is 4. The summed E-state index contributed by atoms with van der Waals surface area (Å²) >= 11 is 2.92. The number of nitrogens with zero attached hydrogens (tertiary/aromatic N) is 2. The number of carbonyl (C=O) groups is 1. The summed E-state index contributed by atoms with van der Waals surface area (Å²) in [4.78, 5) is 18.8. The number of methoxy groups -OCH3 is 2. The van der Waals surface area contributed by atoms with Crippen LogP contribution in [0.3, 0.4) is 0 Å². The van der Waals surface area contributed by atoms with E-state index in [0.717, 1.165) is 10.6 Å². The van der Waals surface area contributed by atoms with Crippen molar-refractivity contribution in [2.24, 2.45) is 4.99 Å². The van der Waals surface area contributed by atoms with Gasteiger partial charge in [-0.05, 0) is 19.3 Å². The van der Waals surface area contributed by atoms with Crippen molar-refractivity contribution in [2.75, 3.05) is 20.8 Å². The van der Waals surface area contributed by atoms with Gasteiger partial charge in [0.25, 0.3) is 5.12 Å². The monoisotopic (exact) mass is 330 g/mol. The molecule has 116 valence electrons. The number of carbonyl (C=O) groups excluding carboxylic acids is 1. The number of amides is 1. The maximum absolute atomic E-state index is 12.0. The summed E-state index contributed by atoms with van der Waals surface area (Å²) < 4.78 is 15.9. The minimum atomic E-state index is -0.960. The molecule has 1 atom stereocenters. The van der Waals surface area contributed by atoms with E-state index in [-0.39, 0.29) is 11.5 Å². The molecule has 2 aliphatic heterocycles. The minimum Gasteiger partial charge on any atom is -0.449 e. The highest BCUT2D eigenvalue weighted by Gasteiger charge is 2.40. The standard InChI is InChI=1S/C13H18N2O4S2/c1-5-19-12(16)15-6-7-20-11(15)10-9(2)14-8-13(17-3,18-4)21-10/h6-8,11H,5H2,1-4H3. The van der Waals surface area contributed by atoms with Crippen molar-refractivity contribution >= 4 is 35.8 Å². The first-order chi connectivity index (χ1) is 10.1. The molecule has 0 saturated carbocycles. The van der Waals surface area contributed by atoms with E-state index in [9.17, 15) is 4.79 Å². The molecule has 0 aromatic heterocycles. The molecular weight excluding hydrogens is 312 g/mol. The van der Waals surface area contributed by atoms with Crippen molar-refractivity contribution < 1.29 is 19.0 Å². The molecule has 2 aliphatic rings. The minimum absolute atomic E-state index is 0.212. The molecule has 0 spiro atoms. The molecule has 2 heterocycles. The lowest BCUT2D eigenvalue weighted by atomic mass is 10.4. The topological polar surface area (TPSA) is 60.4 Å². The van der Waals surface area contributed by atoms with E-state index < -0.39 is 5.12 Å². The van der Waals surface area contributed by atoms with Crippen LogP contribution < -0.4 is 0 Å². The van der Waals surface area contributed by atoms with E-state index in [4.69, 9.17) is 14.2 Å². The van der Waals surface area contributed by atoms with E-state index in [1.807, 2.05) is 12.3 Å². The molecule has 0 saturated heterocycles. The van der Waals surface area contributed by atoms with Gasteiger partial charge in [0, 0.05) is 31.0 Å². The van der Waals surface area contributed by atoms with Crippen molar-refractivity contribution in [3.63, 3.8) is 0 Å². The third-order valence-corrected chi connectivity index (χ3v) is 5.59. The average Bonchev–Trinajstić information content (AvgIpc) is 2.98. The molecule has 0 N–H and O–H groups in total. The van der Waals surface area contributed by atoms with Crippen LogP contribution in [0.25, 0.3) is 0 Å². The zero-order valence-electron chi connectivity index (χ0n) is 12.4. The SMILES string of the molecule is CCOC(=O)N1C=CSC1C1=C(C)N=CC(OC)(OC)S1. The second kappa shape index (κ2) is 6.87. The van der Waals surface area contributed by atoms with Gasteiger partial charge in [-0.1, -0.05) is 11.8 Å². The van der Waals surface area contributed by atoms with Crippen molar-refractivity contribution in [3.8, 4) is 0 Å². The van der Waals surface area contributed by atoms with Crippen LogP contribution in [0.4, 0.5) is 4.79 Å². The summed E-state index contributed by atoms with van der Waals surface area (Å²) in [6.07, 6.45) is 2.96. The van der Waals surface area contributed by atoms with Crippen LogP contribution in [0.1, 0.15) is 13.8 Å². The Balaban J connectivity index is 2.24. The molecular formula is C13H18N2O4S2. The van der Waals surface area contributed by atoms with Crippen molar-refractivity contribution in [2.45, 2.75) is 24.3 Å². The van der Waals surface area contributed by atoms with Gasteiger partial charge < -0.3 is 14.2 Å². The largest absolute Gasteiger partial charge is 0.449 e. The van der Waals surface area contributed by atoms with Crippen LogP contribution in [0.15, 0.2) is 27.2 Å². The normalized spacial score (nSPS) is 23.8. The molecule has 1 amide bonds. The van der Waals surface area contributed by atoms with Gasteiger partial charge in [0.1, 0.15) is 5.37 Å². The fourth-order valence-electron chi connectivity index (χ4n) is 1.86. The molecule has 0 aromatic rings. The second-order valence-corrected chi connectivity index (χ2v) is 6.41. The molecule has 1 unspecified atom stereocenters. The van der Waals surface area contributed by atoms with Gasteiger partial charge in [-0.2, -0.15) is 0 Å². The Morgan fingerprint density at radius 3 is 2.81 bits per heavy atom. The molecule has 0 fully saturated rings. The molecule has 6 nitrogen and oxygen atoms in total. The van der Waals surface area contributed by atoms with E-state index in [0.29, 0.717) is 6.61 Å². The maximum atomic E-state index is 12.0. The average molecular weight is 330 g/mol. The summed E-state index contributed by atoms with van der Waals surface area (Å²) in [7, 11) is 3.12. The first kappa shape index (κ1) is 16.4. The smallest absolute Gasteiger partial charge is 0.415 e. The Morgan fingerprint density at radius 2 is 2.19 bits per heavy atom. The maximum Gasteiger partial charge on any atom is 0.415 e. The highest BCUT2D eigenvalue weighted by atomic mass is 32.2. The first-order valence-electron chi connectivity index (χ1n) is 6.39. The predicted molar refractivity (Wildman–Crippen MR) is 84.9 cm³/mol. The zero-order chi connectivity index (χ0) is 15.5. The molecule has 0 bridgehead atoms. The van der Waals surface area contributed by atoms with Gasteiger partial charge in [-0.15, -0.1) is 11.8 Å². The Kier molecular flexibility index (Phi) is 5.37. The van der Waals surface area contributed by atoms with Gasteiger partial charge >= 0.3 is 6.09 Å². The molecule has 21 heavy (non-hydrogen) atoms. The Bertz CT molecular complexity index is 500. The van der Waals surface area contributed by atoms with Gasteiger partial charge in [-0.3, -0.25) is 9.89 Å². The van der Waals surface area contributed by atoms with Crippen molar-refractivity contribution in [1.82, 2.24) is 4.90 Å². The molecule has 2 rings (SSSR count). The van der Waals surface area contributed by atoms with Crippen LogP contribution >= 0.6 is 23.5 Å². The number of allylic oxidation sites excluding steroid dienone is 1. The summed E-state index contributed by atoms with van der Waals surface area (Å²) in [6, 6.07) is 0. The van der Waals surface area contributed by atoms with Gasteiger partial charge in [0.05, 0.1) is 12.8 Å². The number of thioether (sulfide) groups is 2. The van der Waals surface area contributed by atoms with E-state index in [2.05, 4.69) is 4.99 Å². The molecule has 8 heteroatoms. The Hall–Kier alpha value is -0.960. The van der Waals surface area contributed by atoms with Crippen LogP contribution in [0.5, 0.6) is 0 Å². The predicted octanol–water partition coefficient (Wildman–Crippen LogP) is 2.98. The number of aliphatic imine (C=N–C) groups is 1. The van der Waals surface area contributed by atoms with Gasteiger partial charge in [0.2, 0.25) is 0 Å². The first-order valence-corrected chi connectivity index (χ1v) is 8.15. The summed E-state index contributed by atoms with van der Waals surface area (Å²) in [6.45, 7) is 4.02. The lowest BCUT2D eigenvalue weighted by Crippen LogP contribution is -2.38. The summed E-state index contributed by atoms with van der Waals surface area (Å²) in [5, 5.41) is 0.691. The Morgan fingerprint density at radius 1 is 1.48 bits per heavy atom. The van der Waals surface area contributed by atoms with Crippen molar-refractivity contribution in [3.05, 3.63) is 22.2 Å². The summed E-state index contributed by atoms with van der Waals surface area (Å²) in [5.41, 5.74) is 0.834. The fraction of sp³-hybridized carbons (Fsp3) is 0.538. The number of ether oxygens (including phenoxy) is 3. The molecule has 0 aliphatic carbocycles. The lowest BCUT2D eigenvalue weighted by Gasteiger charge is -2.33. The number of hydrogen-bond donors (Lipinski definition) is 0. The van der Waals surface area contributed by atoms with Gasteiger partial charge in [0.15, 0.2) is 0 Å². The van der Waals surface area contributed by atoms with Crippen LogP contribution in [0.2, 0.25) is 0 Å². The fourth-order valence-corrected chi connectivity index (χ4v) is 4.09. The van der Waals surface area contributed by atoms with Gasteiger partial charge in [-0.25, -0.2) is 4.79 Å².